The number of hydrogen-bond donors (Lipinski definition) is 0. The second-order valence-electron chi connectivity index (χ2n) is 7.88. The van der Waals surface area contributed by atoms with Gasteiger partial charge in [0, 0.05) is 11.5 Å². The minimum absolute atomic E-state index is 0.470. The van der Waals surface area contributed by atoms with E-state index in [0.717, 1.165) is 22.5 Å². The zero-order chi connectivity index (χ0) is 18.9. The van der Waals surface area contributed by atoms with Crippen LogP contribution < -0.4 is 9.30 Å². The molecule has 0 bridgehead atoms. The van der Waals surface area contributed by atoms with Gasteiger partial charge < -0.3 is 4.74 Å². The topological polar surface area (TPSA) is 26.0 Å². The summed E-state index contributed by atoms with van der Waals surface area (Å²) in [5.41, 5.74) is 8.27. The van der Waals surface area contributed by atoms with Crippen LogP contribution in [-0.4, -0.2) is 4.98 Å². The van der Waals surface area contributed by atoms with Crippen LogP contribution in [0.2, 0.25) is 0 Å². The van der Waals surface area contributed by atoms with Crippen molar-refractivity contribution in [2.75, 3.05) is 0 Å². The van der Waals surface area contributed by atoms with Crippen molar-refractivity contribution in [3.05, 3.63) is 59.2 Å². The van der Waals surface area contributed by atoms with Gasteiger partial charge in [0.2, 0.25) is 5.52 Å². The van der Waals surface area contributed by atoms with Gasteiger partial charge in [0.15, 0.2) is 0 Å². The Hall–Kier alpha value is -2.94. The lowest BCUT2D eigenvalue weighted by Crippen LogP contribution is -2.34. The van der Waals surface area contributed by atoms with Crippen molar-refractivity contribution in [2.45, 2.75) is 33.6 Å². The van der Waals surface area contributed by atoms with Crippen LogP contribution in [0, 0.1) is 13.8 Å². The summed E-state index contributed by atoms with van der Waals surface area (Å²) < 4.78 is 8.54. The van der Waals surface area contributed by atoms with E-state index in [0.29, 0.717) is 11.8 Å². The summed E-state index contributed by atoms with van der Waals surface area (Å²) >= 11 is 0. The maximum absolute atomic E-state index is 6.30. The molecule has 3 nitrogen and oxygen atoms in total. The monoisotopic (exact) mass is 355 g/mol. The van der Waals surface area contributed by atoms with Crippen molar-refractivity contribution < 1.29 is 9.30 Å². The Labute approximate surface area is 159 Å². The van der Waals surface area contributed by atoms with E-state index in [1.807, 2.05) is 6.07 Å². The second-order valence-corrected chi connectivity index (χ2v) is 7.88. The normalized spacial score (nSPS) is 12.5. The van der Waals surface area contributed by atoms with E-state index < -0.39 is 0 Å². The van der Waals surface area contributed by atoms with E-state index in [1.54, 1.807) is 0 Å². The van der Waals surface area contributed by atoms with E-state index in [2.05, 4.69) is 75.7 Å². The molecule has 3 aromatic carbocycles. The molecule has 0 unspecified atom stereocenters. The van der Waals surface area contributed by atoms with Gasteiger partial charge in [-0.3, -0.25) is 0 Å². The average molecular weight is 355 g/mol. The quantitative estimate of drug-likeness (QED) is 0.359. The number of benzene rings is 3. The van der Waals surface area contributed by atoms with Crippen LogP contribution in [0.1, 0.15) is 36.5 Å². The van der Waals surface area contributed by atoms with Crippen molar-refractivity contribution in [1.82, 2.24) is 4.98 Å². The first-order valence-electron chi connectivity index (χ1n) is 9.50. The maximum Gasteiger partial charge on any atom is 0.294 e. The molecule has 0 N–H and O–H groups in total. The zero-order valence-electron chi connectivity index (χ0n) is 16.4. The number of aromatic nitrogens is 2. The summed E-state index contributed by atoms with van der Waals surface area (Å²) in [6, 6.07) is 15.1. The van der Waals surface area contributed by atoms with Crippen molar-refractivity contribution in [1.29, 1.82) is 0 Å². The van der Waals surface area contributed by atoms with Gasteiger partial charge in [0.25, 0.3) is 11.6 Å². The molecule has 134 valence electrons. The summed E-state index contributed by atoms with van der Waals surface area (Å²) in [5, 5.41) is 2.40. The third-order valence-electron chi connectivity index (χ3n) is 5.88. The van der Waals surface area contributed by atoms with Gasteiger partial charge in [-0.05, 0) is 54.0 Å². The maximum atomic E-state index is 6.30. The second kappa shape index (κ2) is 5.53. The molecule has 1 aliphatic heterocycles. The fourth-order valence-electron chi connectivity index (χ4n) is 4.19. The molecule has 0 saturated carbocycles. The van der Waals surface area contributed by atoms with Crippen molar-refractivity contribution in [3.63, 3.8) is 0 Å². The van der Waals surface area contributed by atoms with Gasteiger partial charge in [-0.1, -0.05) is 38.1 Å². The first kappa shape index (κ1) is 16.2. The molecular weight excluding hydrogens is 332 g/mol. The van der Waals surface area contributed by atoms with Gasteiger partial charge in [-0.15, -0.1) is 0 Å². The molecule has 0 fully saturated rings. The van der Waals surface area contributed by atoms with Crippen molar-refractivity contribution in [2.24, 2.45) is 7.05 Å². The predicted molar refractivity (Wildman–Crippen MR) is 109 cm³/mol. The molecule has 0 radical (unpaired) electrons. The van der Waals surface area contributed by atoms with E-state index in [9.17, 15) is 0 Å². The molecule has 5 rings (SSSR count). The van der Waals surface area contributed by atoms with Gasteiger partial charge in [0.05, 0.1) is 5.56 Å². The number of rotatable bonds is 1. The number of aryl methyl sites for hydroxylation is 2. The van der Waals surface area contributed by atoms with E-state index in [4.69, 9.17) is 9.72 Å². The molecule has 2 heterocycles. The van der Waals surface area contributed by atoms with Crippen LogP contribution >= 0.6 is 0 Å². The fraction of sp³-hybridized carbons (Fsp3) is 0.250. The Bertz CT molecular complexity index is 1250. The zero-order valence-corrected chi connectivity index (χ0v) is 16.4. The number of ether oxygens (including phenoxy) is 1. The molecule has 27 heavy (non-hydrogen) atoms. The Morgan fingerprint density at radius 1 is 1.04 bits per heavy atom. The van der Waals surface area contributed by atoms with Crippen LogP contribution in [-0.2, 0) is 7.05 Å². The van der Waals surface area contributed by atoms with E-state index in [1.165, 1.54) is 33.0 Å². The highest BCUT2D eigenvalue weighted by Crippen LogP contribution is 2.46. The Balaban J connectivity index is 1.93. The van der Waals surface area contributed by atoms with Gasteiger partial charge in [-0.25, -0.2) is 4.98 Å². The Kier molecular flexibility index (Phi) is 3.33. The molecule has 0 amide bonds. The van der Waals surface area contributed by atoms with Crippen molar-refractivity contribution >= 4 is 21.8 Å². The largest absolute Gasteiger partial charge is 0.433 e. The lowest BCUT2D eigenvalue weighted by molar-refractivity contribution is -0.634. The molecule has 0 saturated heterocycles. The van der Waals surface area contributed by atoms with Crippen LogP contribution in [0.4, 0.5) is 0 Å². The Morgan fingerprint density at radius 2 is 1.85 bits per heavy atom. The summed E-state index contributed by atoms with van der Waals surface area (Å²) in [7, 11) is 2.11. The molecule has 0 spiro atoms. The molecular formula is C24H23N2O+. The van der Waals surface area contributed by atoms with Gasteiger partial charge in [0.1, 0.15) is 18.3 Å². The van der Waals surface area contributed by atoms with Crippen LogP contribution in [0.5, 0.6) is 11.6 Å². The first-order valence-corrected chi connectivity index (χ1v) is 9.50. The highest BCUT2D eigenvalue weighted by atomic mass is 16.5. The highest BCUT2D eigenvalue weighted by molar-refractivity contribution is 6.04. The van der Waals surface area contributed by atoms with E-state index in [-0.39, 0.29) is 0 Å². The molecule has 1 aliphatic rings. The Morgan fingerprint density at radius 3 is 2.63 bits per heavy atom. The number of hydrogen-bond acceptors (Lipinski definition) is 2. The van der Waals surface area contributed by atoms with Gasteiger partial charge in [-0.2, -0.15) is 4.57 Å². The van der Waals surface area contributed by atoms with E-state index >= 15 is 0 Å². The van der Waals surface area contributed by atoms with Crippen LogP contribution in [0.15, 0.2) is 42.5 Å². The fourth-order valence-corrected chi connectivity index (χ4v) is 4.19. The molecule has 3 heteroatoms. The number of fused-ring (bicyclic) bond motifs is 3. The lowest BCUT2D eigenvalue weighted by Gasteiger charge is -2.21. The molecule has 4 aromatic rings. The minimum Gasteiger partial charge on any atom is -0.433 e. The average Bonchev–Trinajstić information content (AvgIpc) is 2.64. The SMILES string of the molecule is Cc1cc2cccc3c2c(c1C)-c1c(nc2cc(C(C)C)ccc2[n+]1C)O3. The molecule has 0 aliphatic carbocycles. The summed E-state index contributed by atoms with van der Waals surface area (Å²) in [4.78, 5) is 4.93. The summed E-state index contributed by atoms with van der Waals surface area (Å²) in [6.07, 6.45) is 0. The molecule has 1 aromatic heterocycles. The standard InChI is InChI=1S/C24H23N2O/c1-13(2)16-9-10-19-18(12-16)25-24-23(26(19)5)21-15(4)14(3)11-17-7-6-8-20(27-24)22(17)21/h6-13H,1-5H3/q+1. The smallest absolute Gasteiger partial charge is 0.294 e. The van der Waals surface area contributed by atoms with Crippen molar-refractivity contribution in [3.8, 4) is 22.9 Å². The van der Waals surface area contributed by atoms with Gasteiger partial charge >= 0.3 is 0 Å². The highest BCUT2D eigenvalue weighted by Gasteiger charge is 2.32. The third-order valence-corrected chi connectivity index (χ3v) is 5.88. The molecule has 0 atom stereocenters. The summed E-state index contributed by atoms with van der Waals surface area (Å²) in [6.45, 7) is 8.79. The number of nitrogens with zero attached hydrogens (tertiary/aromatic N) is 2. The first-order chi connectivity index (χ1) is 13.0. The lowest BCUT2D eigenvalue weighted by atomic mass is 9.91. The third kappa shape index (κ3) is 2.21. The predicted octanol–water partition coefficient (Wildman–Crippen LogP) is 5.73. The summed E-state index contributed by atoms with van der Waals surface area (Å²) in [5.74, 6) is 2.06. The minimum atomic E-state index is 0.470. The van der Waals surface area contributed by atoms with Crippen LogP contribution in [0.25, 0.3) is 33.1 Å². The van der Waals surface area contributed by atoms with Crippen LogP contribution in [0.3, 0.4) is 0 Å².